The highest BCUT2D eigenvalue weighted by atomic mass is 16.2. The largest absolute Gasteiger partial charge is 0.392 e. The molecule has 66 valence electrons. The van der Waals surface area contributed by atoms with E-state index in [1.54, 1.807) is 0 Å². The molecule has 0 aromatic heterocycles. The van der Waals surface area contributed by atoms with E-state index < -0.39 is 0 Å². The maximum atomic E-state index is 8.57. The molecule has 0 radical (unpaired) electrons. The number of rotatable bonds is 4. The third-order valence-electron chi connectivity index (χ3n) is 1.66. The minimum absolute atomic E-state index is 0.129. The molecule has 0 aliphatic heterocycles. The first kappa shape index (κ1) is 11.0. The van der Waals surface area contributed by atoms with E-state index in [-0.39, 0.29) is 6.61 Å². The number of hydrogen-bond donors (Lipinski definition) is 1. The molecular formula is C11H16O. The van der Waals surface area contributed by atoms with Crippen LogP contribution in [0.25, 0.3) is 0 Å². The maximum Gasteiger partial charge on any atom is 0.0614 e. The van der Waals surface area contributed by atoms with Gasteiger partial charge in [-0.15, -0.1) is 6.42 Å². The zero-order valence-corrected chi connectivity index (χ0v) is 7.80. The molecule has 1 nitrogen and oxygen atoms in total. The van der Waals surface area contributed by atoms with Gasteiger partial charge in [0.25, 0.3) is 0 Å². The minimum atomic E-state index is 0.129. The normalized spacial score (nSPS) is 12.8. The summed E-state index contributed by atoms with van der Waals surface area (Å²) in [6.45, 7) is 4.06. The van der Waals surface area contributed by atoms with Crippen LogP contribution in [0.15, 0.2) is 23.3 Å². The monoisotopic (exact) mass is 164 g/mol. The number of hydrogen-bond acceptors (Lipinski definition) is 1. The first-order valence-corrected chi connectivity index (χ1v) is 4.10. The molecule has 0 saturated carbocycles. The van der Waals surface area contributed by atoms with Crippen LogP contribution in [0.1, 0.15) is 26.7 Å². The van der Waals surface area contributed by atoms with Crippen molar-refractivity contribution >= 4 is 0 Å². The lowest BCUT2D eigenvalue weighted by molar-refractivity contribution is 0.341. The van der Waals surface area contributed by atoms with Crippen LogP contribution in [0.4, 0.5) is 0 Å². The minimum Gasteiger partial charge on any atom is -0.392 e. The van der Waals surface area contributed by atoms with E-state index >= 15 is 0 Å². The molecule has 0 heterocycles. The van der Waals surface area contributed by atoms with Gasteiger partial charge in [0.15, 0.2) is 0 Å². The number of allylic oxidation sites excluding steroid dienone is 3. The smallest absolute Gasteiger partial charge is 0.0614 e. The molecule has 0 aliphatic carbocycles. The summed E-state index contributed by atoms with van der Waals surface area (Å²) in [5, 5.41) is 8.57. The van der Waals surface area contributed by atoms with Crippen molar-refractivity contribution in [3.8, 4) is 12.3 Å². The van der Waals surface area contributed by atoms with E-state index in [2.05, 4.69) is 5.92 Å². The Morgan fingerprint density at radius 2 is 2.08 bits per heavy atom. The summed E-state index contributed by atoms with van der Waals surface area (Å²) >= 11 is 0. The predicted octanol–water partition coefficient (Wildman–Crippen LogP) is 2.28. The highest BCUT2D eigenvalue weighted by Crippen LogP contribution is 2.05. The van der Waals surface area contributed by atoms with E-state index in [0.29, 0.717) is 0 Å². The summed E-state index contributed by atoms with van der Waals surface area (Å²) in [6, 6.07) is 0. The van der Waals surface area contributed by atoms with Gasteiger partial charge >= 0.3 is 0 Å². The Morgan fingerprint density at radius 3 is 2.58 bits per heavy atom. The number of aliphatic hydroxyl groups is 1. The van der Waals surface area contributed by atoms with Crippen molar-refractivity contribution < 1.29 is 5.11 Å². The van der Waals surface area contributed by atoms with Gasteiger partial charge in [-0.2, -0.15) is 0 Å². The highest BCUT2D eigenvalue weighted by molar-refractivity contribution is 5.22. The number of aliphatic hydroxyl groups excluding tert-OH is 1. The Morgan fingerprint density at radius 1 is 1.42 bits per heavy atom. The topological polar surface area (TPSA) is 20.2 Å². The van der Waals surface area contributed by atoms with Crippen LogP contribution in [0.5, 0.6) is 0 Å². The summed E-state index contributed by atoms with van der Waals surface area (Å²) in [7, 11) is 0. The summed E-state index contributed by atoms with van der Waals surface area (Å²) in [5.41, 5.74) is 2.19. The molecule has 0 bridgehead atoms. The summed E-state index contributed by atoms with van der Waals surface area (Å²) in [6.07, 6.45) is 11.0. The fraction of sp³-hybridized carbons (Fsp3) is 0.455. The summed E-state index contributed by atoms with van der Waals surface area (Å²) < 4.78 is 0. The van der Waals surface area contributed by atoms with Crippen LogP contribution in [0.2, 0.25) is 0 Å². The van der Waals surface area contributed by atoms with Gasteiger partial charge in [-0.25, -0.2) is 0 Å². The van der Waals surface area contributed by atoms with Crippen LogP contribution in [0.3, 0.4) is 0 Å². The average Bonchev–Trinajstić information content (AvgIpc) is 2.04. The van der Waals surface area contributed by atoms with Gasteiger partial charge in [-0.05, 0) is 32.3 Å². The molecule has 0 unspecified atom stereocenters. The van der Waals surface area contributed by atoms with Gasteiger partial charge in [0, 0.05) is 0 Å². The molecule has 1 N–H and O–H groups in total. The molecule has 0 saturated heterocycles. The fourth-order valence-corrected chi connectivity index (χ4v) is 0.833. The van der Waals surface area contributed by atoms with Gasteiger partial charge in [0.05, 0.1) is 6.61 Å². The van der Waals surface area contributed by atoms with Gasteiger partial charge in [0.1, 0.15) is 0 Å². The third kappa shape index (κ3) is 5.76. The van der Waals surface area contributed by atoms with Crippen molar-refractivity contribution in [2.24, 2.45) is 0 Å². The van der Waals surface area contributed by atoms with E-state index in [0.717, 1.165) is 18.4 Å². The van der Waals surface area contributed by atoms with E-state index in [1.807, 2.05) is 26.0 Å². The van der Waals surface area contributed by atoms with E-state index in [4.69, 9.17) is 11.5 Å². The lowest BCUT2D eigenvalue weighted by atomic mass is 10.1. The Hall–Kier alpha value is -1.00. The third-order valence-corrected chi connectivity index (χ3v) is 1.66. The second kappa shape index (κ2) is 6.69. The molecule has 0 aromatic carbocycles. The SMILES string of the molecule is C#C/C(C)=C\CC/C(C)=C/CO. The summed E-state index contributed by atoms with van der Waals surface area (Å²) in [4.78, 5) is 0. The Balaban J connectivity index is 3.72. The van der Waals surface area contributed by atoms with Crippen molar-refractivity contribution in [3.63, 3.8) is 0 Å². The zero-order valence-electron chi connectivity index (χ0n) is 7.80. The molecule has 1 heteroatoms. The second-order valence-electron chi connectivity index (χ2n) is 2.80. The Labute approximate surface area is 74.8 Å². The molecular weight excluding hydrogens is 148 g/mol. The molecule has 0 amide bonds. The lowest BCUT2D eigenvalue weighted by Gasteiger charge is -1.96. The summed E-state index contributed by atoms with van der Waals surface area (Å²) in [5.74, 6) is 2.56. The van der Waals surface area contributed by atoms with Crippen molar-refractivity contribution in [3.05, 3.63) is 23.3 Å². The molecule has 0 fully saturated rings. The predicted molar refractivity (Wildman–Crippen MR) is 52.7 cm³/mol. The average molecular weight is 164 g/mol. The van der Waals surface area contributed by atoms with Crippen molar-refractivity contribution in [1.82, 2.24) is 0 Å². The van der Waals surface area contributed by atoms with Gasteiger partial charge in [-0.3, -0.25) is 0 Å². The van der Waals surface area contributed by atoms with Crippen LogP contribution in [-0.2, 0) is 0 Å². The number of terminal acetylenes is 1. The Kier molecular flexibility index (Phi) is 6.14. The molecule has 0 rings (SSSR count). The van der Waals surface area contributed by atoms with Gasteiger partial charge < -0.3 is 5.11 Å². The molecule has 0 atom stereocenters. The van der Waals surface area contributed by atoms with E-state index in [9.17, 15) is 0 Å². The highest BCUT2D eigenvalue weighted by Gasteiger charge is 1.87. The lowest BCUT2D eigenvalue weighted by Crippen LogP contribution is -1.80. The van der Waals surface area contributed by atoms with Crippen molar-refractivity contribution in [2.75, 3.05) is 6.61 Å². The fourth-order valence-electron chi connectivity index (χ4n) is 0.833. The van der Waals surface area contributed by atoms with Crippen LogP contribution in [0, 0.1) is 12.3 Å². The maximum absolute atomic E-state index is 8.57. The quantitative estimate of drug-likeness (QED) is 0.499. The first-order chi connectivity index (χ1) is 5.70. The zero-order chi connectivity index (χ0) is 9.40. The second-order valence-corrected chi connectivity index (χ2v) is 2.80. The molecule has 0 spiro atoms. The van der Waals surface area contributed by atoms with Gasteiger partial charge in [-0.1, -0.05) is 23.6 Å². The standard InChI is InChI=1S/C11H16O/c1-4-10(2)6-5-7-11(3)8-9-12/h1,6,8,12H,5,7,9H2,2-3H3/b10-6-,11-8+. The molecule has 12 heavy (non-hydrogen) atoms. The van der Waals surface area contributed by atoms with Crippen molar-refractivity contribution in [2.45, 2.75) is 26.7 Å². The van der Waals surface area contributed by atoms with Crippen LogP contribution >= 0.6 is 0 Å². The van der Waals surface area contributed by atoms with Crippen LogP contribution < -0.4 is 0 Å². The van der Waals surface area contributed by atoms with Crippen molar-refractivity contribution in [1.29, 1.82) is 0 Å². The Bertz CT molecular complexity index is 216. The van der Waals surface area contributed by atoms with Crippen LogP contribution in [-0.4, -0.2) is 11.7 Å². The molecule has 0 aromatic rings. The molecule has 0 aliphatic rings. The van der Waals surface area contributed by atoms with E-state index in [1.165, 1.54) is 5.57 Å². The first-order valence-electron chi connectivity index (χ1n) is 4.10. The van der Waals surface area contributed by atoms with Gasteiger partial charge in [0.2, 0.25) is 0 Å².